The van der Waals surface area contributed by atoms with Gasteiger partial charge in [0.15, 0.2) is 5.03 Å². The monoisotopic (exact) mass is 475 g/mol. The molecule has 1 saturated heterocycles. The van der Waals surface area contributed by atoms with Gasteiger partial charge in [0, 0.05) is 57.4 Å². The number of imidazole rings is 1. The summed E-state index contributed by atoms with van der Waals surface area (Å²) in [6.07, 6.45) is 2.45. The van der Waals surface area contributed by atoms with Gasteiger partial charge in [0.2, 0.25) is 5.91 Å². The largest absolute Gasteiger partial charge is 0.352 e. The Bertz CT molecular complexity index is 1080. The number of aromatic nitrogens is 2. The van der Waals surface area contributed by atoms with E-state index < -0.39 is 10.0 Å². The first-order valence-electron chi connectivity index (χ1n) is 11.1. The molecule has 0 saturated carbocycles. The van der Waals surface area contributed by atoms with Crippen LogP contribution in [-0.4, -0.2) is 65.2 Å². The zero-order valence-corrected chi connectivity index (χ0v) is 20.7. The number of hydrogen-bond donors (Lipinski definition) is 1. The number of aryl methyl sites for hydroxylation is 2. The number of hydrogen-bond acceptors (Lipinski definition) is 5. The Morgan fingerprint density at radius 2 is 1.79 bits per heavy atom. The molecule has 9 nitrogen and oxygen atoms in total. The van der Waals surface area contributed by atoms with E-state index in [1.54, 1.807) is 42.6 Å². The van der Waals surface area contributed by atoms with Gasteiger partial charge >= 0.3 is 0 Å². The maximum Gasteiger partial charge on any atom is 0.262 e. The molecule has 1 fully saturated rings. The summed E-state index contributed by atoms with van der Waals surface area (Å²) in [7, 11) is -0.122. The average molecular weight is 476 g/mol. The zero-order chi connectivity index (χ0) is 24.3. The van der Waals surface area contributed by atoms with Crippen molar-refractivity contribution >= 4 is 21.8 Å². The molecule has 2 heterocycles. The summed E-state index contributed by atoms with van der Waals surface area (Å²) < 4.78 is 28.7. The molecule has 1 aliphatic heterocycles. The molecule has 0 spiro atoms. The third kappa shape index (κ3) is 5.62. The van der Waals surface area contributed by atoms with Crippen LogP contribution >= 0.6 is 0 Å². The summed E-state index contributed by atoms with van der Waals surface area (Å²) in [4.78, 5) is 30.8. The smallest absolute Gasteiger partial charge is 0.262 e. The molecule has 1 aliphatic rings. The predicted octanol–water partition coefficient (Wildman–Crippen LogP) is 1.93. The van der Waals surface area contributed by atoms with Crippen LogP contribution in [-0.2, 0) is 28.4 Å². The molecule has 1 aromatic heterocycles. The molecular weight excluding hydrogens is 442 g/mol. The van der Waals surface area contributed by atoms with E-state index in [1.807, 2.05) is 26.0 Å². The van der Waals surface area contributed by atoms with Crippen LogP contribution in [0.1, 0.15) is 48.4 Å². The van der Waals surface area contributed by atoms with Crippen molar-refractivity contribution in [2.24, 2.45) is 13.0 Å². The van der Waals surface area contributed by atoms with E-state index in [4.69, 9.17) is 0 Å². The van der Waals surface area contributed by atoms with E-state index in [0.29, 0.717) is 30.8 Å². The van der Waals surface area contributed by atoms with E-state index in [2.05, 4.69) is 10.3 Å². The highest BCUT2D eigenvalue weighted by molar-refractivity contribution is 7.89. The van der Waals surface area contributed by atoms with E-state index in [0.717, 1.165) is 5.56 Å². The highest BCUT2D eigenvalue weighted by atomic mass is 32.2. The first-order chi connectivity index (χ1) is 15.5. The third-order valence-corrected chi connectivity index (χ3v) is 8.05. The summed E-state index contributed by atoms with van der Waals surface area (Å²) in [6, 6.07) is 7.33. The number of sulfonamides is 1. The standard InChI is InChI=1S/C23H33N5O4S/c1-16(2)27(5)23(30)20-8-6-18(7-9-20)14-24-22(29)19-10-12-28(13-11-19)33(31,32)21-15-26(4)17(3)25-21/h6-9,15-16,19H,10-14H2,1-5H3,(H,24,29). The molecule has 0 aliphatic carbocycles. The van der Waals surface area contributed by atoms with E-state index in [1.165, 1.54) is 10.5 Å². The van der Waals surface area contributed by atoms with Crippen LogP contribution in [0.4, 0.5) is 0 Å². The van der Waals surface area contributed by atoms with Crippen LogP contribution in [0.3, 0.4) is 0 Å². The average Bonchev–Trinajstić information content (AvgIpc) is 3.15. The highest BCUT2D eigenvalue weighted by Gasteiger charge is 2.33. The molecular formula is C23H33N5O4S. The number of nitrogens with one attached hydrogen (secondary N) is 1. The molecule has 1 aromatic carbocycles. The van der Waals surface area contributed by atoms with Crippen LogP contribution in [0.25, 0.3) is 0 Å². The lowest BCUT2D eigenvalue weighted by atomic mass is 9.97. The molecule has 0 radical (unpaired) electrons. The maximum atomic E-state index is 12.8. The van der Waals surface area contributed by atoms with Gasteiger partial charge in [-0.25, -0.2) is 13.4 Å². The number of carbonyl (C=O) groups excluding carboxylic acids is 2. The Kier molecular flexibility index (Phi) is 7.58. The number of carbonyl (C=O) groups is 2. The van der Waals surface area contributed by atoms with Crippen molar-refractivity contribution in [3.05, 3.63) is 47.4 Å². The molecule has 0 bridgehead atoms. The zero-order valence-electron chi connectivity index (χ0n) is 19.9. The van der Waals surface area contributed by atoms with Crippen molar-refractivity contribution in [1.82, 2.24) is 24.1 Å². The fourth-order valence-electron chi connectivity index (χ4n) is 3.68. The van der Waals surface area contributed by atoms with Crippen molar-refractivity contribution < 1.29 is 18.0 Å². The van der Waals surface area contributed by atoms with Crippen LogP contribution in [0.2, 0.25) is 0 Å². The second kappa shape index (κ2) is 10.0. The van der Waals surface area contributed by atoms with Crippen molar-refractivity contribution in [3.63, 3.8) is 0 Å². The topological polar surface area (TPSA) is 105 Å². The van der Waals surface area contributed by atoms with Crippen LogP contribution in [0.15, 0.2) is 35.5 Å². The first kappa shape index (κ1) is 24.9. The Labute approximate surface area is 195 Å². The van der Waals surface area contributed by atoms with Gasteiger partial charge in [-0.3, -0.25) is 9.59 Å². The van der Waals surface area contributed by atoms with Crippen molar-refractivity contribution in [1.29, 1.82) is 0 Å². The number of amides is 2. The summed E-state index contributed by atoms with van der Waals surface area (Å²) in [5.41, 5.74) is 1.51. The summed E-state index contributed by atoms with van der Waals surface area (Å²) >= 11 is 0. The van der Waals surface area contributed by atoms with Crippen LogP contribution in [0.5, 0.6) is 0 Å². The van der Waals surface area contributed by atoms with Gasteiger partial charge in [0.25, 0.3) is 15.9 Å². The van der Waals surface area contributed by atoms with Gasteiger partial charge in [-0.2, -0.15) is 4.31 Å². The van der Waals surface area contributed by atoms with Gasteiger partial charge in [-0.1, -0.05) is 12.1 Å². The van der Waals surface area contributed by atoms with Crippen LogP contribution < -0.4 is 5.32 Å². The first-order valence-corrected chi connectivity index (χ1v) is 12.6. The second-order valence-corrected chi connectivity index (χ2v) is 10.7. The summed E-state index contributed by atoms with van der Waals surface area (Å²) in [5, 5.41) is 2.98. The Balaban J connectivity index is 1.51. The van der Waals surface area contributed by atoms with Gasteiger partial charge in [0.1, 0.15) is 5.82 Å². The molecule has 1 N–H and O–H groups in total. The Morgan fingerprint density at radius 3 is 2.30 bits per heavy atom. The van der Waals surface area contributed by atoms with E-state index >= 15 is 0 Å². The SMILES string of the molecule is Cc1nc(S(=O)(=O)N2CCC(C(=O)NCc3ccc(C(=O)N(C)C(C)C)cc3)CC2)cn1C. The molecule has 33 heavy (non-hydrogen) atoms. The fourth-order valence-corrected chi connectivity index (χ4v) is 5.17. The molecule has 2 aromatic rings. The highest BCUT2D eigenvalue weighted by Crippen LogP contribution is 2.23. The molecule has 3 rings (SSSR count). The molecule has 0 unspecified atom stereocenters. The van der Waals surface area contributed by atoms with Crippen LogP contribution in [0, 0.1) is 12.8 Å². The maximum absolute atomic E-state index is 12.8. The molecule has 0 atom stereocenters. The fraction of sp³-hybridized carbons (Fsp3) is 0.522. The second-order valence-electron chi connectivity index (χ2n) is 8.84. The van der Waals surface area contributed by atoms with Gasteiger partial charge < -0.3 is 14.8 Å². The van der Waals surface area contributed by atoms with Crippen molar-refractivity contribution in [2.75, 3.05) is 20.1 Å². The molecule has 10 heteroatoms. The summed E-state index contributed by atoms with van der Waals surface area (Å²) in [6.45, 7) is 6.61. The lowest BCUT2D eigenvalue weighted by molar-refractivity contribution is -0.126. The van der Waals surface area contributed by atoms with Crippen molar-refractivity contribution in [2.45, 2.75) is 51.2 Å². The third-order valence-electron chi connectivity index (χ3n) is 6.28. The number of rotatable bonds is 7. The van der Waals surface area contributed by atoms with E-state index in [9.17, 15) is 18.0 Å². The minimum atomic E-state index is -3.65. The minimum Gasteiger partial charge on any atom is -0.352 e. The minimum absolute atomic E-state index is 0.0387. The number of nitrogens with zero attached hydrogens (tertiary/aromatic N) is 4. The quantitative estimate of drug-likeness (QED) is 0.659. The predicted molar refractivity (Wildman–Crippen MR) is 125 cm³/mol. The summed E-state index contributed by atoms with van der Waals surface area (Å²) in [5.74, 6) is 0.276. The van der Waals surface area contributed by atoms with Crippen molar-refractivity contribution in [3.8, 4) is 0 Å². The number of piperidine rings is 1. The van der Waals surface area contributed by atoms with Gasteiger partial charge in [-0.15, -0.1) is 0 Å². The molecule has 180 valence electrons. The van der Waals surface area contributed by atoms with Gasteiger partial charge in [0.05, 0.1) is 0 Å². The Morgan fingerprint density at radius 1 is 1.18 bits per heavy atom. The lowest BCUT2D eigenvalue weighted by Crippen LogP contribution is -2.43. The molecule has 2 amide bonds. The normalized spacial score (nSPS) is 15.6. The lowest BCUT2D eigenvalue weighted by Gasteiger charge is -2.30. The number of benzene rings is 1. The van der Waals surface area contributed by atoms with E-state index in [-0.39, 0.29) is 41.9 Å². The Hall–Kier alpha value is -2.72. The van der Waals surface area contributed by atoms with Gasteiger partial charge in [-0.05, 0) is 51.3 Å².